The summed E-state index contributed by atoms with van der Waals surface area (Å²) < 4.78 is 35.4. The fourth-order valence-electron chi connectivity index (χ4n) is 6.87. The topological polar surface area (TPSA) is 126 Å². The van der Waals surface area contributed by atoms with Crippen LogP contribution in [0.3, 0.4) is 0 Å². The quantitative estimate of drug-likeness (QED) is 0.233. The molecular formula is C28H26BrCl2N5O5S. The molecule has 3 aliphatic rings. The Labute approximate surface area is 261 Å². The number of rotatable bonds is 6. The van der Waals surface area contributed by atoms with E-state index in [4.69, 9.17) is 32.9 Å². The van der Waals surface area contributed by atoms with E-state index in [1.807, 2.05) is 24.3 Å². The molecule has 3 heterocycles. The van der Waals surface area contributed by atoms with Crippen LogP contribution in [0.1, 0.15) is 24.0 Å². The van der Waals surface area contributed by atoms with Gasteiger partial charge in [-0.25, -0.2) is 12.7 Å². The first-order valence-electron chi connectivity index (χ1n) is 13.1. The molecule has 3 aliphatic heterocycles. The van der Waals surface area contributed by atoms with Gasteiger partial charge in [-0.15, -0.1) is 0 Å². The Morgan fingerprint density at radius 3 is 2.57 bits per heavy atom. The lowest BCUT2D eigenvalue weighted by atomic mass is 9.50. The summed E-state index contributed by atoms with van der Waals surface area (Å²) in [7, 11) is -0.895. The van der Waals surface area contributed by atoms with Crippen molar-refractivity contribution in [3.63, 3.8) is 0 Å². The Morgan fingerprint density at radius 1 is 1.14 bits per heavy atom. The molecule has 10 nitrogen and oxygen atoms in total. The molecule has 3 aromatic rings. The van der Waals surface area contributed by atoms with Gasteiger partial charge in [0, 0.05) is 47.5 Å². The maximum atomic E-state index is 13.6. The van der Waals surface area contributed by atoms with Crippen LogP contribution in [-0.2, 0) is 25.6 Å². The summed E-state index contributed by atoms with van der Waals surface area (Å²) in [6, 6.07) is 14.4. The third kappa shape index (κ3) is 4.14. The minimum atomic E-state index is -3.98. The van der Waals surface area contributed by atoms with Gasteiger partial charge in [0.25, 0.3) is 5.69 Å². The molecule has 3 atom stereocenters. The van der Waals surface area contributed by atoms with Gasteiger partial charge in [0.2, 0.25) is 10.0 Å². The number of aliphatic imine (C=N–C) groups is 1. The van der Waals surface area contributed by atoms with Gasteiger partial charge in [-0.05, 0) is 60.4 Å². The van der Waals surface area contributed by atoms with E-state index < -0.39 is 25.8 Å². The number of nitro groups is 1. The van der Waals surface area contributed by atoms with Crippen LogP contribution < -0.4 is 10.6 Å². The second-order valence-electron chi connectivity index (χ2n) is 10.6. The highest BCUT2D eigenvalue weighted by molar-refractivity contribution is 9.10. The van der Waals surface area contributed by atoms with Crippen LogP contribution in [0, 0.1) is 10.1 Å². The number of nitro benzene ring substituents is 1. The zero-order valence-electron chi connectivity index (χ0n) is 22.5. The van der Waals surface area contributed by atoms with Crippen LogP contribution in [0.2, 0.25) is 10.0 Å². The first-order valence-corrected chi connectivity index (χ1v) is 16.1. The Bertz CT molecular complexity index is 1760. The van der Waals surface area contributed by atoms with Crippen molar-refractivity contribution in [3.8, 4) is 0 Å². The summed E-state index contributed by atoms with van der Waals surface area (Å²) in [6.45, 7) is 0.576. The molecular weight excluding hydrogens is 669 g/mol. The lowest BCUT2D eigenvalue weighted by molar-refractivity contribution is -0.384. The Kier molecular flexibility index (Phi) is 7.21. The number of benzene rings is 3. The molecule has 6 rings (SSSR count). The monoisotopic (exact) mass is 693 g/mol. The van der Waals surface area contributed by atoms with Crippen molar-refractivity contribution in [1.29, 1.82) is 0 Å². The summed E-state index contributed by atoms with van der Waals surface area (Å²) in [5.74, 6) is 0.496. The molecule has 3 aromatic carbocycles. The standard InChI is InChI=1S/C28H26BrCl2N5O5S/c1-35(42(39,40)19-6-4-18(5-7-19)36(37)38)12-10-28-20-8-3-16(29)13-23(20)33-25-27(28,9-11-32-26(28)41-2)21-14-17(30)15-22(31)24(21)34-25/h3-8,13-15,25,33-34H,9-12H2,1-2H3/t25-,27+,28-/m1/s1. The first kappa shape index (κ1) is 29.2. The molecule has 14 heteroatoms. The summed E-state index contributed by atoms with van der Waals surface area (Å²) >= 11 is 16.9. The highest BCUT2D eigenvalue weighted by atomic mass is 79.9. The molecule has 220 valence electrons. The fourth-order valence-corrected chi connectivity index (χ4v) is 8.95. The Hall–Kier alpha value is -2.90. The molecule has 0 saturated heterocycles. The third-order valence-corrected chi connectivity index (χ3v) is 11.6. The SMILES string of the molecule is COC1=NCC[C@]23c4cc(Cl)cc(Cl)c4N[C@H]2Nc2cc(Br)ccc2[C@]13CCN(C)S(=O)(=O)c1ccc([N+](=O)[O-])cc1. The second kappa shape index (κ2) is 10.4. The summed E-state index contributed by atoms with van der Waals surface area (Å²) in [6.07, 6.45) is 0.589. The molecule has 42 heavy (non-hydrogen) atoms. The molecule has 0 aromatic heterocycles. The van der Waals surface area contributed by atoms with E-state index in [-0.39, 0.29) is 23.3 Å². The van der Waals surface area contributed by atoms with Crippen LogP contribution in [0.25, 0.3) is 0 Å². The number of anilines is 2. The Morgan fingerprint density at radius 2 is 1.88 bits per heavy atom. The predicted molar refractivity (Wildman–Crippen MR) is 166 cm³/mol. The van der Waals surface area contributed by atoms with E-state index in [1.54, 1.807) is 13.2 Å². The lowest BCUT2D eigenvalue weighted by Gasteiger charge is -2.57. The number of hydrogen-bond donors (Lipinski definition) is 2. The van der Waals surface area contributed by atoms with E-state index in [2.05, 4.69) is 26.6 Å². The summed E-state index contributed by atoms with van der Waals surface area (Å²) in [5.41, 5.74) is 1.64. The van der Waals surface area contributed by atoms with Gasteiger partial charge in [-0.3, -0.25) is 15.1 Å². The molecule has 0 amide bonds. The maximum absolute atomic E-state index is 13.6. The minimum absolute atomic E-state index is 0.0361. The predicted octanol–water partition coefficient (Wildman–Crippen LogP) is 6.18. The number of halogens is 3. The van der Waals surface area contributed by atoms with Crippen molar-refractivity contribution in [2.45, 2.75) is 34.7 Å². The van der Waals surface area contributed by atoms with Gasteiger partial charge in [0.05, 0.1) is 38.5 Å². The molecule has 0 aliphatic carbocycles. The lowest BCUT2D eigenvalue weighted by Crippen LogP contribution is -2.67. The number of nitrogens with one attached hydrogen (secondary N) is 2. The fraction of sp³-hybridized carbons (Fsp3) is 0.321. The molecule has 1 spiro atoms. The molecule has 0 fully saturated rings. The van der Waals surface area contributed by atoms with Gasteiger partial charge in [-0.1, -0.05) is 45.2 Å². The number of non-ortho nitro benzene ring substituents is 1. The zero-order valence-corrected chi connectivity index (χ0v) is 26.4. The van der Waals surface area contributed by atoms with Crippen LogP contribution in [0.15, 0.2) is 69.0 Å². The van der Waals surface area contributed by atoms with Crippen molar-refractivity contribution in [1.82, 2.24) is 4.31 Å². The van der Waals surface area contributed by atoms with Crippen LogP contribution in [-0.4, -0.2) is 57.0 Å². The normalized spacial score (nSPS) is 24.0. The average molecular weight is 695 g/mol. The van der Waals surface area contributed by atoms with Crippen LogP contribution in [0.4, 0.5) is 17.1 Å². The van der Waals surface area contributed by atoms with E-state index in [0.29, 0.717) is 35.3 Å². The summed E-state index contributed by atoms with van der Waals surface area (Å²) in [4.78, 5) is 15.4. The number of hydrogen-bond acceptors (Lipinski definition) is 8. The van der Waals surface area contributed by atoms with Gasteiger partial charge < -0.3 is 15.4 Å². The van der Waals surface area contributed by atoms with Crippen molar-refractivity contribution >= 4 is 72.1 Å². The average Bonchev–Trinajstić information content (AvgIpc) is 3.27. The van der Waals surface area contributed by atoms with Crippen LogP contribution in [0.5, 0.6) is 0 Å². The van der Waals surface area contributed by atoms with E-state index in [1.165, 1.54) is 35.6 Å². The number of nitrogens with zero attached hydrogens (tertiary/aromatic N) is 3. The largest absolute Gasteiger partial charge is 0.484 e. The van der Waals surface area contributed by atoms with Crippen molar-refractivity contribution in [2.75, 3.05) is 37.9 Å². The molecule has 0 saturated carbocycles. The van der Waals surface area contributed by atoms with Gasteiger partial charge in [0.15, 0.2) is 5.90 Å². The molecule has 2 N–H and O–H groups in total. The second-order valence-corrected chi connectivity index (χ2v) is 14.4. The van der Waals surface area contributed by atoms with E-state index in [0.717, 1.165) is 27.0 Å². The highest BCUT2D eigenvalue weighted by Gasteiger charge is 2.68. The van der Waals surface area contributed by atoms with Crippen molar-refractivity contribution in [3.05, 3.63) is 90.4 Å². The third-order valence-electron chi connectivity index (χ3n) is 8.70. The number of methoxy groups -OCH3 is 1. The van der Waals surface area contributed by atoms with Gasteiger partial charge >= 0.3 is 0 Å². The molecule has 0 unspecified atom stereocenters. The number of sulfonamides is 1. The number of ether oxygens (including phenoxy) is 1. The van der Waals surface area contributed by atoms with Crippen molar-refractivity contribution < 1.29 is 18.1 Å². The van der Waals surface area contributed by atoms with Crippen molar-refractivity contribution in [2.24, 2.45) is 4.99 Å². The highest BCUT2D eigenvalue weighted by Crippen LogP contribution is 2.64. The summed E-state index contributed by atoms with van der Waals surface area (Å²) in [5, 5.41) is 19.3. The van der Waals surface area contributed by atoms with Crippen LogP contribution >= 0.6 is 39.1 Å². The molecule has 0 radical (unpaired) electrons. The molecule has 0 bridgehead atoms. The number of fused-ring (bicyclic) bond motifs is 3. The van der Waals surface area contributed by atoms with E-state index in [9.17, 15) is 18.5 Å². The smallest absolute Gasteiger partial charge is 0.269 e. The van der Waals surface area contributed by atoms with E-state index >= 15 is 0 Å². The zero-order chi connectivity index (χ0) is 30.0. The maximum Gasteiger partial charge on any atom is 0.269 e. The Balaban J connectivity index is 1.51. The van der Waals surface area contributed by atoms with Gasteiger partial charge in [0.1, 0.15) is 6.17 Å². The minimum Gasteiger partial charge on any atom is -0.484 e. The van der Waals surface area contributed by atoms with Gasteiger partial charge in [-0.2, -0.15) is 0 Å². The first-order chi connectivity index (χ1) is 20.0.